The summed E-state index contributed by atoms with van der Waals surface area (Å²) in [6.45, 7) is 4.68. The fraction of sp³-hybridized carbons (Fsp3) is 0.0600. The summed E-state index contributed by atoms with van der Waals surface area (Å²) < 4.78 is 0. The number of pyridine rings is 1. The normalized spacial score (nSPS) is 12.8. The zero-order chi connectivity index (χ0) is 35.8. The van der Waals surface area contributed by atoms with Gasteiger partial charge in [0.15, 0.2) is 0 Å². The molecule has 0 N–H and O–H groups in total. The second-order valence-electron chi connectivity index (χ2n) is 14.1. The molecule has 0 amide bonds. The largest absolute Gasteiger partial charge is 0.310 e. The Kier molecular flexibility index (Phi) is 8.17. The van der Waals surface area contributed by atoms with Gasteiger partial charge < -0.3 is 9.80 Å². The second-order valence-corrected chi connectivity index (χ2v) is 14.1. The minimum Gasteiger partial charge on any atom is -0.310 e. The van der Waals surface area contributed by atoms with Crippen LogP contribution in [0.15, 0.2) is 200 Å². The predicted octanol–water partition coefficient (Wildman–Crippen LogP) is 13.7. The van der Waals surface area contributed by atoms with E-state index in [1.165, 1.54) is 39.2 Å². The summed E-state index contributed by atoms with van der Waals surface area (Å²) in [5.41, 5.74) is 16.3. The van der Waals surface area contributed by atoms with Crippen LogP contribution in [0.1, 0.15) is 25.0 Å². The van der Waals surface area contributed by atoms with Crippen molar-refractivity contribution in [3.63, 3.8) is 0 Å². The van der Waals surface area contributed by atoms with E-state index in [1.54, 1.807) is 0 Å². The Bertz CT molecular complexity index is 2420. The van der Waals surface area contributed by atoms with E-state index in [2.05, 4.69) is 211 Å². The molecule has 254 valence electrons. The predicted molar refractivity (Wildman–Crippen MR) is 222 cm³/mol. The third-order valence-electron chi connectivity index (χ3n) is 10.5. The van der Waals surface area contributed by atoms with Crippen molar-refractivity contribution in [1.82, 2.24) is 4.98 Å². The lowest BCUT2D eigenvalue weighted by Crippen LogP contribution is -2.30. The smallest absolute Gasteiger partial charge is 0.0508 e. The molecule has 0 spiro atoms. The van der Waals surface area contributed by atoms with Crippen LogP contribution in [0.4, 0.5) is 34.1 Å². The highest BCUT2D eigenvalue weighted by Gasteiger charge is 2.36. The molecule has 3 nitrogen and oxygen atoms in total. The summed E-state index contributed by atoms with van der Waals surface area (Å²) in [5.74, 6) is 0. The van der Waals surface area contributed by atoms with Gasteiger partial charge in [-0.2, -0.15) is 0 Å². The van der Waals surface area contributed by atoms with Crippen LogP contribution in [0.25, 0.3) is 33.4 Å². The van der Waals surface area contributed by atoms with Gasteiger partial charge in [-0.05, 0) is 111 Å². The molecule has 3 heteroatoms. The highest BCUT2D eigenvalue weighted by atomic mass is 15.2. The van der Waals surface area contributed by atoms with Gasteiger partial charge in [-0.1, -0.05) is 135 Å². The summed E-state index contributed by atoms with van der Waals surface area (Å²) in [6, 6.07) is 67.8. The molecule has 53 heavy (non-hydrogen) atoms. The molecule has 0 atom stereocenters. The van der Waals surface area contributed by atoms with E-state index in [1.807, 2.05) is 18.5 Å². The Balaban J connectivity index is 1.15. The highest BCUT2D eigenvalue weighted by Crippen LogP contribution is 2.52. The van der Waals surface area contributed by atoms with Gasteiger partial charge in [0.05, 0.1) is 11.4 Å². The number of anilines is 6. The van der Waals surface area contributed by atoms with Crippen molar-refractivity contribution >= 4 is 34.1 Å². The van der Waals surface area contributed by atoms with E-state index in [0.29, 0.717) is 0 Å². The number of fused-ring (bicyclic) bond motifs is 2. The fourth-order valence-electron chi connectivity index (χ4n) is 7.79. The minimum absolute atomic E-state index is 0.151. The minimum atomic E-state index is -0.151. The molecule has 1 aliphatic heterocycles. The van der Waals surface area contributed by atoms with Gasteiger partial charge >= 0.3 is 0 Å². The van der Waals surface area contributed by atoms with Gasteiger partial charge in [-0.3, -0.25) is 4.98 Å². The lowest BCUT2D eigenvalue weighted by molar-refractivity contribution is 0.632. The number of benzene rings is 7. The highest BCUT2D eigenvalue weighted by molar-refractivity contribution is 5.89. The molecule has 0 unspecified atom stereocenters. The Morgan fingerprint density at radius 1 is 0.415 bits per heavy atom. The first-order valence-corrected chi connectivity index (χ1v) is 18.2. The Labute approximate surface area is 312 Å². The van der Waals surface area contributed by atoms with Crippen LogP contribution in [0.3, 0.4) is 0 Å². The Morgan fingerprint density at radius 3 is 1.66 bits per heavy atom. The van der Waals surface area contributed by atoms with E-state index >= 15 is 0 Å². The molecule has 7 aromatic carbocycles. The monoisotopic (exact) mass is 681 g/mol. The molecule has 1 aromatic heterocycles. The molecule has 0 saturated carbocycles. The zero-order valence-electron chi connectivity index (χ0n) is 29.9. The first-order valence-electron chi connectivity index (χ1n) is 18.2. The topological polar surface area (TPSA) is 19.4 Å². The average molecular weight is 682 g/mol. The van der Waals surface area contributed by atoms with Gasteiger partial charge in [0, 0.05) is 40.6 Å². The Morgan fingerprint density at radius 2 is 0.962 bits per heavy atom. The van der Waals surface area contributed by atoms with Crippen LogP contribution >= 0.6 is 0 Å². The van der Waals surface area contributed by atoms with E-state index in [4.69, 9.17) is 0 Å². The lowest BCUT2D eigenvalue weighted by atomic mass is 9.73. The van der Waals surface area contributed by atoms with Gasteiger partial charge in [-0.25, -0.2) is 0 Å². The van der Waals surface area contributed by atoms with Crippen molar-refractivity contribution in [2.24, 2.45) is 0 Å². The first-order chi connectivity index (χ1) is 26.0. The molecular formula is C50H39N3. The molecule has 0 fully saturated rings. The summed E-state index contributed by atoms with van der Waals surface area (Å²) in [6.07, 6.45) is 3.73. The summed E-state index contributed by atoms with van der Waals surface area (Å²) >= 11 is 0. The van der Waals surface area contributed by atoms with Crippen LogP contribution < -0.4 is 9.80 Å². The number of para-hydroxylation sites is 2. The van der Waals surface area contributed by atoms with Gasteiger partial charge in [-0.15, -0.1) is 0 Å². The van der Waals surface area contributed by atoms with Crippen LogP contribution in [-0.4, -0.2) is 4.98 Å². The van der Waals surface area contributed by atoms with Crippen molar-refractivity contribution < 1.29 is 0 Å². The average Bonchev–Trinajstić information content (AvgIpc) is 3.23. The van der Waals surface area contributed by atoms with Gasteiger partial charge in [0.25, 0.3) is 0 Å². The number of hydrogen-bond acceptors (Lipinski definition) is 3. The maximum Gasteiger partial charge on any atom is 0.0508 e. The Hall–Kier alpha value is -6.71. The number of aromatic nitrogens is 1. The third kappa shape index (κ3) is 5.96. The molecule has 2 heterocycles. The SMILES string of the molecule is CC1(C)c2ccccc2N(c2ccccc2)c2cc(-c3cccc(N(c4ccc(-c5ccccc5)cc4)c4ccc(-c5cccnc5)cc4)c3)ccc21. The van der Waals surface area contributed by atoms with Crippen molar-refractivity contribution in [1.29, 1.82) is 0 Å². The fourth-order valence-corrected chi connectivity index (χ4v) is 7.79. The van der Waals surface area contributed by atoms with Crippen LogP contribution in [0, 0.1) is 0 Å². The molecule has 1 aliphatic rings. The summed E-state index contributed by atoms with van der Waals surface area (Å²) in [7, 11) is 0. The quantitative estimate of drug-likeness (QED) is 0.167. The molecule has 0 radical (unpaired) electrons. The molecule has 9 rings (SSSR count). The number of rotatable bonds is 7. The van der Waals surface area contributed by atoms with Crippen molar-refractivity contribution in [3.8, 4) is 33.4 Å². The molecule has 0 aliphatic carbocycles. The van der Waals surface area contributed by atoms with Crippen molar-refractivity contribution in [3.05, 3.63) is 212 Å². The van der Waals surface area contributed by atoms with Gasteiger partial charge in [0.2, 0.25) is 0 Å². The van der Waals surface area contributed by atoms with Crippen molar-refractivity contribution in [2.75, 3.05) is 9.80 Å². The van der Waals surface area contributed by atoms with Gasteiger partial charge in [0.1, 0.15) is 0 Å². The molecule has 8 aromatic rings. The molecule has 0 bridgehead atoms. The second kappa shape index (κ2) is 13.4. The third-order valence-corrected chi connectivity index (χ3v) is 10.5. The zero-order valence-corrected chi connectivity index (χ0v) is 29.9. The van der Waals surface area contributed by atoms with E-state index < -0.39 is 0 Å². The maximum atomic E-state index is 4.34. The number of hydrogen-bond donors (Lipinski definition) is 0. The first kappa shape index (κ1) is 32.2. The molecular weight excluding hydrogens is 643 g/mol. The van der Waals surface area contributed by atoms with Crippen LogP contribution in [0.5, 0.6) is 0 Å². The van der Waals surface area contributed by atoms with Crippen LogP contribution in [0.2, 0.25) is 0 Å². The van der Waals surface area contributed by atoms with E-state index in [9.17, 15) is 0 Å². The van der Waals surface area contributed by atoms with E-state index in [0.717, 1.165) is 39.4 Å². The summed E-state index contributed by atoms with van der Waals surface area (Å²) in [5, 5.41) is 0. The lowest BCUT2D eigenvalue weighted by Gasteiger charge is -2.42. The van der Waals surface area contributed by atoms with Crippen LogP contribution in [-0.2, 0) is 5.41 Å². The molecule has 0 saturated heterocycles. The standard InChI is InChI=1S/C50H39N3/c1-50(2)46-20-9-10-21-48(46)53(42-17-7-4-8-18-42)49-34-40(26-31-47(49)50)39-15-11-19-45(33-39)52(43-27-22-37(23-28-43)36-13-5-3-6-14-36)44-29-24-38(25-30-44)41-16-12-32-51-35-41/h3-35H,1-2H3. The van der Waals surface area contributed by atoms with Crippen molar-refractivity contribution in [2.45, 2.75) is 19.3 Å². The van der Waals surface area contributed by atoms with E-state index in [-0.39, 0.29) is 5.41 Å². The summed E-state index contributed by atoms with van der Waals surface area (Å²) in [4.78, 5) is 9.11. The number of nitrogens with zero attached hydrogens (tertiary/aromatic N) is 3. The maximum absolute atomic E-state index is 4.34.